The average Bonchev–Trinajstić information content (AvgIpc) is 2.63. The quantitative estimate of drug-likeness (QED) is 0.946. The lowest BCUT2D eigenvalue weighted by Gasteiger charge is -2.29. The van der Waals surface area contributed by atoms with Crippen LogP contribution in [0.3, 0.4) is 0 Å². The predicted octanol–water partition coefficient (Wildman–Crippen LogP) is 2.65. The van der Waals surface area contributed by atoms with Gasteiger partial charge in [0, 0.05) is 30.0 Å². The lowest BCUT2D eigenvalue weighted by atomic mass is 10.1. The van der Waals surface area contributed by atoms with Crippen LogP contribution < -0.4 is 10.2 Å². The first-order chi connectivity index (χ1) is 11.3. The van der Waals surface area contributed by atoms with E-state index >= 15 is 0 Å². The molecular formula is C18H17N3O2. The van der Waals surface area contributed by atoms with Crippen molar-refractivity contribution in [2.75, 3.05) is 36.5 Å². The third-order valence-electron chi connectivity index (χ3n) is 3.76. The molecule has 0 saturated carbocycles. The number of carbonyl (C=O) groups is 1. The van der Waals surface area contributed by atoms with Crippen molar-refractivity contribution in [2.24, 2.45) is 0 Å². The molecule has 3 rings (SSSR count). The number of benzene rings is 2. The summed E-state index contributed by atoms with van der Waals surface area (Å²) >= 11 is 0. The highest BCUT2D eigenvalue weighted by molar-refractivity contribution is 6.04. The van der Waals surface area contributed by atoms with Crippen molar-refractivity contribution in [3.8, 4) is 6.07 Å². The molecule has 0 radical (unpaired) electrons. The Morgan fingerprint density at radius 1 is 1.13 bits per heavy atom. The van der Waals surface area contributed by atoms with Crippen LogP contribution in [0.15, 0.2) is 48.5 Å². The Morgan fingerprint density at radius 2 is 1.87 bits per heavy atom. The minimum absolute atomic E-state index is 0.186. The van der Waals surface area contributed by atoms with E-state index in [-0.39, 0.29) is 5.91 Å². The first-order valence-electron chi connectivity index (χ1n) is 7.50. The molecule has 1 amide bonds. The maximum absolute atomic E-state index is 12.3. The van der Waals surface area contributed by atoms with Gasteiger partial charge in [-0.1, -0.05) is 6.07 Å². The van der Waals surface area contributed by atoms with E-state index in [1.165, 1.54) is 0 Å². The molecule has 1 fully saturated rings. The van der Waals surface area contributed by atoms with Gasteiger partial charge in [-0.15, -0.1) is 0 Å². The van der Waals surface area contributed by atoms with Gasteiger partial charge in [-0.2, -0.15) is 5.26 Å². The summed E-state index contributed by atoms with van der Waals surface area (Å²) in [6.07, 6.45) is 0. The Hall–Kier alpha value is -2.84. The topological polar surface area (TPSA) is 65.4 Å². The van der Waals surface area contributed by atoms with Gasteiger partial charge in [0.2, 0.25) is 0 Å². The molecule has 0 aromatic heterocycles. The molecule has 0 atom stereocenters. The molecule has 1 aliphatic heterocycles. The first-order valence-corrected chi connectivity index (χ1v) is 7.50. The molecule has 1 saturated heterocycles. The Labute approximate surface area is 135 Å². The number of nitriles is 1. The smallest absolute Gasteiger partial charge is 0.255 e. The van der Waals surface area contributed by atoms with Gasteiger partial charge in [0.1, 0.15) is 0 Å². The molecule has 1 aliphatic rings. The highest BCUT2D eigenvalue weighted by atomic mass is 16.5. The summed E-state index contributed by atoms with van der Waals surface area (Å²) in [5, 5.41) is 11.7. The summed E-state index contributed by atoms with van der Waals surface area (Å²) in [7, 11) is 0. The number of anilines is 2. The van der Waals surface area contributed by atoms with Gasteiger partial charge in [0.25, 0.3) is 5.91 Å². The zero-order valence-corrected chi connectivity index (χ0v) is 12.7. The van der Waals surface area contributed by atoms with Crippen LogP contribution in [0.5, 0.6) is 0 Å². The number of carbonyl (C=O) groups excluding carboxylic acids is 1. The van der Waals surface area contributed by atoms with Crippen LogP contribution in [0.25, 0.3) is 0 Å². The molecule has 1 N–H and O–H groups in total. The fourth-order valence-electron chi connectivity index (χ4n) is 2.50. The maximum atomic E-state index is 12.3. The molecule has 116 valence electrons. The van der Waals surface area contributed by atoms with Crippen molar-refractivity contribution in [3.63, 3.8) is 0 Å². The van der Waals surface area contributed by atoms with Gasteiger partial charge in [-0.25, -0.2) is 0 Å². The second-order valence-corrected chi connectivity index (χ2v) is 5.29. The van der Waals surface area contributed by atoms with Crippen molar-refractivity contribution in [2.45, 2.75) is 0 Å². The molecule has 0 aliphatic carbocycles. The van der Waals surface area contributed by atoms with Crippen molar-refractivity contribution in [1.82, 2.24) is 0 Å². The van der Waals surface area contributed by atoms with E-state index in [0.29, 0.717) is 11.1 Å². The maximum Gasteiger partial charge on any atom is 0.255 e. The van der Waals surface area contributed by atoms with Crippen LogP contribution in [0.1, 0.15) is 15.9 Å². The SMILES string of the molecule is N#Cc1ccc(C(=O)Nc2cccc(N3CCOCC3)c2)cc1. The van der Waals surface area contributed by atoms with E-state index in [2.05, 4.69) is 10.2 Å². The van der Waals surface area contributed by atoms with Crippen LogP contribution in [0.2, 0.25) is 0 Å². The normalized spacial score (nSPS) is 14.1. The summed E-state index contributed by atoms with van der Waals surface area (Å²) in [5.74, 6) is -0.186. The number of morpholine rings is 1. The summed E-state index contributed by atoms with van der Waals surface area (Å²) in [6, 6.07) is 16.4. The van der Waals surface area contributed by atoms with Crippen molar-refractivity contribution in [1.29, 1.82) is 5.26 Å². The van der Waals surface area contributed by atoms with E-state index in [1.807, 2.05) is 30.3 Å². The first kappa shape index (κ1) is 15.1. The molecule has 5 heteroatoms. The van der Waals surface area contributed by atoms with E-state index < -0.39 is 0 Å². The largest absolute Gasteiger partial charge is 0.378 e. The van der Waals surface area contributed by atoms with Gasteiger partial charge in [-0.3, -0.25) is 4.79 Å². The third kappa shape index (κ3) is 3.68. The third-order valence-corrected chi connectivity index (χ3v) is 3.76. The Kier molecular flexibility index (Phi) is 4.55. The molecular weight excluding hydrogens is 290 g/mol. The monoisotopic (exact) mass is 307 g/mol. The molecule has 5 nitrogen and oxygen atoms in total. The van der Waals surface area contributed by atoms with Gasteiger partial charge >= 0.3 is 0 Å². The fraction of sp³-hybridized carbons (Fsp3) is 0.222. The van der Waals surface area contributed by atoms with Crippen LogP contribution in [0.4, 0.5) is 11.4 Å². The summed E-state index contributed by atoms with van der Waals surface area (Å²) in [5.41, 5.74) is 2.89. The number of ether oxygens (including phenoxy) is 1. The second-order valence-electron chi connectivity index (χ2n) is 5.29. The van der Waals surface area contributed by atoms with Gasteiger partial charge in [0.05, 0.1) is 24.8 Å². The molecule has 23 heavy (non-hydrogen) atoms. The molecule has 2 aromatic rings. The van der Waals surface area contributed by atoms with Crippen molar-refractivity contribution >= 4 is 17.3 Å². The van der Waals surface area contributed by atoms with Crippen molar-refractivity contribution < 1.29 is 9.53 Å². The number of nitrogens with zero attached hydrogens (tertiary/aromatic N) is 2. The Balaban J connectivity index is 1.71. The molecule has 1 heterocycles. The minimum Gasteiger partial charge on any atom is -0.378 e. The summed E-state index contributed by atoms with van der Waals surface area (Å²) in [6.45, 7) is 3.16. The zero-order chi connectivity index (χ0) is 16.1. The molecule has 0 spiro atoms. The zero-order valence-electron chi connectivity index (χ0n) is 12.7. The average molecular weight is 307 g/mol. The number of hydrogen-bond acceptors (Lipinski definition) is 4. The number of hydrogen-bond donors (Lipinski definition) is 1. The minimum atomic E-state index is -0.186. The number of amides is 1. The van der Waals surface area contributed by atoms with E-state index in [4.69, 9.17) is 10.00 Å². The predicted molar refractivity (Wildman–Crippen MR) is 88.6 cm³/mol. The number of nitrogens with one attached hydrogen (secondary N) is 1. The second kappa shape index (κ2) is 6.95. The molecule has 2 aromatic carbocycles. The van der Waals surface area contributed by atoms with Gasteiger partial charge in [0.15, 0.2) is 0 Å². The lowest BCUT2D eigenvalue weighted by molar-refractivity contribution is 0.102. The van der Waals surface area contributed by atoms with E-state index in [0.717, 1.165) is 37.7 Å². The van der Waals surface area contributed by atoms with E-state index in [9.17, 15) is 4.79 Å². The van der Waals surface area contributed by atoms with Crippen LogP contribution in [0, 0.1) is 11.3 Å². The fourth-order valence-corrected chi connectivity index (χ4v) is 2.50. The standard InChI is InChI=1S/C18H17N3O2/c19-13-14-4-6-15(7-5-14)18(22)20-16-2-1-3-17(12-16)21-8-10-23-11-9-21/h1-7,12H,8-11H2,(H,20,22). The number of rotatable bonds is 3. The lowest BCUT2D eigenvalue weighted by Crippen LogP contribution is -2.36. The van der Waals surface area contributed by atoms with Crippen LogP contribution in [-0.4, -0.2) is 32.2 Å². The Bertz CT molecular complexity index is 729. The summed E-state index contributed by atoms with van der Waals surface area (Å²) < 4.78 is 5.36. The van der Waals surface area contributed by atoms with Crippen molar-refractivity contribution in [3.05, 3.63) is 59.7 Å². The van der Waals surface area contributed by atoms with E-state index in [1.54, 1.807) is 24.3 Å². The molecule has 0 bridgehead atoms. The highest BCUT2D eigenvalue weighted by Gasteiger charge is 2.12. The van der Waals surface area contributed by atoms with Gasteiger partial charge in [-0.05, 0) is 42.5 Å². The van der Waals surface area contributed by atoms with Crippen LogP contribution >= 0.6 is 0 Å². The van der Waals surface area contributed by atoms with Gasteiger partial charge < -0.3 is 15.0 Å². The molecule has 0 unspecified atom stereocenters. The highest BCUT2D eigenvalue weighted by Crippen LogP contribution is 2.21. The Morgan fingerprint density at radius 3 is 2.57 bits per heavy atom. The van der Waals surface area contributed by atoms with Crippen LogP contribution in [-0.2, 0) is 4.74 Å². The summed E-state index contributed by atoms with van der Waals surface area (Å²) in [4.78, 5) is 14.5.